The summed E-state index contributed by atoms with van der Waals surface area (Å²) in [6, 6.07) is 0. The molecule has 0 aromatic rings. The Balaban J connectivity index is 0. The Hall–Kier alpha value is -0.620. The lowest BCUT2D eigenvalue weighted by molar-refractivity contribution is 0.569. The summed E-state index contributed by atoms with van der Waals surface area (Å²) in [5, 5.41) is 6.76. The number of rotatable bonds is 1. The average Bonchev–Trinajstić information content (AvgIpc) is 1.69. The zero-order valence-electron chi connectivity index (χ0n) is 4.77. The molecule has 2 nitrogen and oxygen atoms in total. The molecule has 0 saturated heterocycles. The van der Waals surface area contributed by atoms with Crippen molar-refractivity contribution >= 4 is 6.08 Å². The molecule has 0 atom stereocenters. The standard InChI is InChI=1S/C4H10.CNO/c1-3-4-2;2-1-3/h3-4H2,1-2H3;/q;-1. The fourth-order valence-electron chi connectivity index (χ4n) is 0. The van der Waals surface area contributed by atoms with E-state index in [2.05, 4.69) is 13.8 Å². The van der Waals surface area contributed by atoms with Crippen LogP contribution in [0.4, 0.5) is 0 Å². The first-order valence-electron chi connectivity index (χ1n) is 2.34. The molecule has 2 heteroatoms. The predicted octanol–water partition coefficient (Wildman–Crippen LogP) is 1.70. The number of isocyanates is 1. The Morgan fingerprint density at radius 3 is 1.57 bits per heavy atom. The molecule has 0 heterocycles. The second-order valence-electron chi connectivity index (χ2n) is 1.09. The smallest absolute Gasteiger partial charge is 0.0159 e. The number of unbranched alkanes of at least 4 members (excludes halogenated alkanes) is 1. The lowest BCUT2D eigenvalue weighted by Crippen LogP contribution is -1.47. The second kappa shape index (κ2) is 18.2. The van der Waals surface area contributed by atoms with E-state index in [1.54, 1.807) is 0 Å². The van der Waals surface area contributed by atoms with Crippen LogP contribution >= 0.6 is 0 Å². The van der Waals surface area contributed by atoms with Gasteiger partial charge in [-0.3, -0.25) is 4.79 Å². The fraction of sp³-hybridized carbons (Fsp3) is 0.800. The lowest BCUT2D eigenvalue weighted by atomic mass is 10.4. The van der Waals surface area contributed by atoms with E-state index in [-0.39, 0.29) is 0 Å². The first-order valence-corrected chi connectivity index (χ1v) is 2.34. The first-order chi connectivity index (χ1) is 3.33. The molecule has 42 valence electrons. The minimum Gasteiger partial charge on any atom is -0.724 e. The normalized spacial score (nSPS) is 5.43. The second-order valence-corrected chi connectivity index (χ2v) is 1.09. The summed E-state index contributed by atoms with van der Waals surface area (Å²) in [6.07, 6.45) is 3.14. The molecule has 0 amide bonds. The van der Waals surface area contributed by atoms with Crippen molar-refractivity contribution in [3.05, 3.63) is 5.41 Å². The van der Waals surface area contributed by atoms with Crippen molar-refractivity contribution in [2.75, 3.05) is 0 Å². The van der Waals surface area contributed by atoms with Crippen LogP contribution in [0.5, 0.6) is 0 Å². The van der Waals surface area contributed by atoms with E-state index in [1.807, 2.05) is 0 Å². The van der Waals surface area contributed by atoms with Crippen LogP contribution in [0.1, 0.15) is 26.7 Å². The molecule has 0 saturated carbocycles. The minimum absolute atomic E-state index is 0.500. The third kappa shape index (κ3) is 426. The molecule has 0 bridgehead atoms. The predicted molar refractivity (Wildman–Crippen MR) is 29.6 cm³/mol. The molecule has 0 spiro atoms. The molecule has 7 heavy (non-hydrogen) atoms. The highest BCUT2D eigenvalue weighted by Crippen LogP contribution is 1.76. The zero-order valence-corrected chi connectivity index (χ0v) is 4.77. The Morgan fingerprint density at radius 2 is 1.57 bits per heavy atom. The van der Waals surface area contributed by atoms with Gasteiger partial charge in [-0.25, -0.2) is 0 Å². The molecule has 0 fully saturated rings. The van der Waals surface area contributed by atoms with Gasteiger partial charge in [-0.15, -0.1) is 0 Å². The third-order valence-corrected chi connectivity index (χ3v) is 0.500. The highest BCUT2D eigenvalue weighted by molar-refractivity contribution is 5.36. The Morgan fingerprint density at radius 1 is 1.43 bits per heavy atom. The van der Waals surface area contributed by atoms with Crippen LogP contribution < -0.4 is 0 Å². The molecule has 0 aliphatic heterocycles. The van der Waals surface area contributed by atoms with E-state index < -0.39 is 0 Å². The molecule has 0 aliphatic rings. The third-order valence-electron chi connectivity index (χ3n) is 0.500. The van der Waals surface area contributed by atoms with E-state index in [4.69, 9.17) is 10.2 Å². The van der Waals surface area contributed by atoms with Crippen molar-refractivity contribution in [1.82, 2.24) is 0 Å². The minimum atomic E-state index is 0.500. The van der Waals surface area contributed by atoms with Crippen molar-refractivity contribution in [3.63, 3.8) is 0 Å². The van der Waals surface area contributed by atoms with Crippen molar-refractivity contribution in [2.24, 2.45) is 0 Å². The maximum absolute atomic E-state index is 8.24. The lowest BCUT2D eigenvalue weighted by Gasteiger charge is -1.68. The van der Waals surface area contributed by atoms with Crippen molar-refractivity contribution in [2.45, 2.75) is 26.7 Å². The molecule has 0 unspecified atom stereocenters. The highest BCUT2D eigenvalue weighted by Gasteiger charge is 1.56. The summed E-state index contributed by atoms with van der Waals surface area (Å²) in [6.45, 7) is 4.36. The monoisotopic (exact) mass is 100 g/mol. The summed E-state index contributed by atoms with van der Waals surface area (Å²) < 4.78 is 0. The average molecular weight is 100 g/mol. The van der Waals surface area contributed by atoms with E-state index >= 15 is 0 Å². The number of hydrogen-bond donors (Lipinski definition) is 0. The molecule has 0 aromatic carbocycles. The van der Waals surface area contributed by atoms with Crippen LogP contribution in [-0.4, -0.2) is 6.08 Å². The molecule has 0 N–H and O–H groups in total. The molecular formula is C5H10NO-. The van der Waals surface area contributed by atoms with Crippen LogP contribution in [0, 0.1) is 0 Å². The number of hydrogen-bond acceptors (Lipinski definition) is 1. The number of carbonyl (C=O) groups excluding carboxylic acids is 1. The van der Waals surface area contributed by atoms with E-state index in [9.17, 15) is 0 Å². The van der Waals surface area contributed by atoms with Crippen molar-refractivity contribution < 1.29 is 4.79 Å². The molecule has 0 rings (SSSR count). The Kier molecular flexibility index (Phi) is 25.1. The van der Waals surface area contributed by atoms with Gasteiger partial charge in [0.1, 0.15) is 0 Å². The van der Waals surface area contributed by atoms with Crippen molar-refractivity contribution in [3.8, 4) is 0 Å². The fourth-order valence-corrected chi connectivity index (χ4v) is 0. The zero-order chi connectivity index (χ0) is 6.12. The molecular weight excluding hydrogens is 90.1 g/mol. The maximum Gasteiger partial charge on any atom is -0.0159 e. The van der Waals surface area contributed by atoms with Crippen LogP contribution in [0.2, 0.25) is 0 Å². The highest BCUT2D eigenvalue weighted by atomic mass is 16.1. The first kappa shape index (κ1) is 9.63. The van der Waals surface area contributed by atoms with E-state index in [0.717, 1.165) is 0 Å². The van der Waals surface area contributed by atoms with Gasteiger partial charge >= 0.3 is 0 Å². The van der Waals surface area contributed by atoms with Gasteiger partial charge in [-0.2, -0.15) is 0 Å². The van der Waals surface area contributed by atoms with Gasteiger partial charge in [0.2, 0.25) is 0 Å². The van der Waals surface area contributed by atoms with Gasteiger partial charge in [0, 0.05) is 0 Å². The molecule has 0 radical (unpaired) electrons. The van der Waals surface area contributed by atoms with Crippen LogP contribution in [0.25, 0.3) is 5.41 Å². The van der Waals surface area contributed by atoms with Crippen LogP contribution in [0.3, 0.4) is 0 Å². The maximum atomic E-state index is 8.24. The molecule has 0 aromatic heterocycles. The number of nitrogens with zero attached hydrogens (tertiary/aromatic N) is 1. The van der Waals surface area contributed by atoms with Gasteiger partial charge in [0.05, 0.1) is 0 Å². The Labute approximate surface area is 44.1 Å². The van der Waals surface area contributed by atoms with E-state index in [0.29, 0.717) is 6.08 Å². The van der Waals surface area contributed by atoms with Gasteiger partial charge in [-0.1, -0.05) is 26.7 Å². The summed E-state index contributed by atoms with van der Waals surface area (Å²) in [5.41, 5.74) is 0. The van der Waals surface area contributed by atoms with Crippen LogP contribution in [0.15, 0.2) is 0 Å². The van der Waals surface area contributed by atoms with Gasteiger partial charge in [-0.05, 0) is 6.08 Å². The Bertz CT molecular complexity index is 44.0. The van der Waals surface area contributed by atoms with E-state index in [1.165, 1.54) is 12.8 Å². The summed E-state index contributed by atoms with van der Waals surface area (Å²) in [5.74, 6) is 0. The van der Waals surface area contributed by atoms with Crippen LogP contribution in [-0.2, 0) is 4.79 Å². The summed E-state index contributed by atoms with van der Waals surface area (Å²) >= 11 is 0. The quantitative estimate of drug-likeness (QED) is 0.365. The van der Waals surface area contributed by atoms with Crippen molar-refractivity contribution in [1.29, 1.82) is 0 Å². The van der Waals surface area contributed by atoms with Gasteiger partial charge < -0.3 is 5.41 Å². The van der Waals surface area contributed by atoms with Gasteiger partial charge in [0.15, 0.2) is 0 Å². The summed E-state index contributed by atoms with van der Waals surface area (Å²) in [7, 11) is 0. The SMILES string of the molecule is CCCC.[N-]=C=O. The van der Waals surface area contributed by atoms with Gasteiger partial charge in [0.25, 0.3) is 0 Å². The largest absolute Gasteiger partial charge is 0.724 e. The summed E-state index contributed by atoms with van der Waals surface area (Å²) in [4.78, 5) is 8.24. The molecule has 0 aliphatic carbocycles. The topological polar surface area (TPSA) is 39.4 Å².